The number of aliphatic imine (C=N–C) groups is 1. The molecule has 1 saturated heterocycles. The number of hydrogen-bond donors (Lipinski definition) is 0. The molecule has 0 bridgehead atoms. The smallest absolute Gasteiger partial charge is 0.267 e. The van der Waals surface area contributed by atoms with Gasteiger partial charge < -0.3 is 4.57 Å². The van der Waals surface area contributed by atoms with Gasteiger partial charge in [0.1, 0.15) is 0 Å². The molecule has 1 amide bonds. The minimum absolute atomic E-state index is 0.0513. The van der Waals surface area contributed by atoms with Crippen LogP contribution in [0.4, 0.5) is 5.69 Å². The van der Waals surface area contributed by atoms with Crippen LogP contribution in [0, 0.1) is 12.8 Å². The van der Waals surface area contributed by atoms with Crippen LogP contribution >= 0.6 is 35.0 Å². The number of amides is 1. The summed E-state index contributed by atoms with van der Waals surface area (Å²) in [4.78, 5) is 21.8. The number of para-hydroxylation sites is 2. The third-order valence-corrected chi connectivity index (χ3v) is 9.68. The Labute approximate surface area is 249 Å². The molecule has 204 valence electrons. The molecular formula is C33H31Cl2N3OS. The number of thioether (sulfide) groups is 1. The number of carbonyl (C=O) groups is 1. The molecule has 2 fully saturated rings. The molecule has 0 spiro atoms. The van der Waals surface area contributed by atoms with Gasteiger partial charge in [-0.3, -0.25) is 9.69 Å². The van der Waals surface area contributed by atoms with Gasteiger partial charge in [0.05, 0.1) is 10.6 Å². The van der Waals surface area contributed by atoms with E-state index < -0.39 is 0 Å². The molecule has 1 aliphatic carbocycles. The second-order valence-electron chi connectivity index (χ2n) is 10.7. The molecule has 4 nitrogen and oxygen atoms in total. The summed E-state index contributed by atoms with van der Waals surface area (Å²) < 4.78 is 2.26. The topological polar surface area (TPSA) is 37.6 Å². The van der Waals surface area contributed by atoms with Crippen molar-refractivity contribution in [2.75, 3.05) is 0 Å². The van der Waals surface area contributed by atoms with Crippen LogP contribution in [-0.2, 0) is 11.3 Å². The first-order chi connectivity index (χ1) is 19.4. The number of benzene rings is 3. The van der Waals surface area contributed by atoms with Gasteiger partial charge in [-0.15, -0.1) is 0 Å². The van der Waals surface area contributed by atoms with Crippen molar-refractivity contribution in [3.05, 3.63) is 105 Å². The first kappa shape index (κ1) is 27.2. The second-order valence-corrected chi connectivity index (χ2v) is 12.5. The summed E-state index contributed by atoms with van der Waals surface area (Å²) in [6, 6.07) is 24.1. The van der Waals surface area contributed by atoms with Gasteiger partial charge in [0.15, 0.2) is 5.17 Å². The first-order valence-electron chi connectivity index (χ1n) is 13.8. The van der Waals surface area contributed by atoms with E-state index in [0.717, 1.165) is 57.8 Å². The predicted octanol–water partition coefficient (Wildman–Crippen LogP) is 9.49. The van der Waals surface area contributed by atoms with E-state index in [0.29, 0.717) is 27.4 Å². The van der Waals surface area contributed by atoms with E-state index in [1.165, 1.54) is 18.2 Å². The maximum Gasteiger partial charge on any atom is 0.267 e. The average molecular weight is 589 g/mol. The monoisotopic (exact) mass is 587 g/mol. The third kappa shape index (κ3) is 5.23. The molecule has 1 aliphatic heterocycles. The Morgan fingerprint density at radius 2 is 1.75 bits per heavy atom. The molecule has 0 radical (unpaired) electrons. The number of fused-ring (bicyclic) bond motifs is 1. The third-order valence-electron chi connectivity index (χ3n) is 8.11. The highest BCUT2D eigenvalue weighted by Crippen LogP contribution is 2.41. The van der Waals surface area contributed by atoms with Crippen molar-refractivity contribution >= 4 is 68.7 Å². The van der Waals surface area contributed by atoms with Crippen molar-refractivity contribution in [3.8, 4) is 0 Å². The number of amidine groups is 1. The highest BCUT2D eigenvalue weighted by Gasteiger charge is 2.41. The van der Waals surface area contributed by atoms with E-state index in [1.54, 1.807) is 6.07 Å². The van der Waals surface area contributed by atoms with Crippen LogP contribution in [0.3, 0.4) is 0 Å². The quantitative estimate of drug-likeness (QED) is 0.218. The zero-order chi connectivity index (χ0) is 27.8. The molecule has 3 aromatic carbocycles. The maximum atomic E-state index is 14.1. The zero-order valence-electron chi connectivity index (χ0n) is 22.6. The molecule has 2 atom stereocenters. The van der Waals surface area contributed by atoms with E-state index in [9.17, 15) is 4.79 Å². The van der Waals surface area contributed by atoms with Crippen molar-refractivity contribution in [3.63, 3.8) is 0 Å². The van der Waals surface area contributed by atoms with E-state index in [2.05, 4.69) is 36.6 Å². The summed E-state index contributed by atoms with van der Waals surface area (Å²) in [5.74, 6) is 0.488. The first-order valence-corrected chi connectivity index (χ1v) is 15.4. The molecule has 1 saturated carbocycles. The Morgan fingerprint density at radius 3 is 2.52 bits per heavy atom. The van der Waals surface area contributed by atoms with Crippen LogP contribution in [0.25, 0.3) is 17.0 Å². The summed E-state index contributed by atoms with van der Waals surface area (Å²) in [5, 5.41) is 3.15. The van der Waals surface area contributed by atoms with Gasteiger partial charge in [0, 0.05) is 44.8 Å². The highest BCUT2D eigenvalue weighted by atomic mass is 35.5. The van der Waals surface area contributed by atoms with Gasteiger partial charge >= 0.3 is 0 Å². The molecule has 4 aromatic rings. The summed E-state index contributed by atoms with van der Waals surface area (Å²) in [5.41, 5.74) is 5.09. The normalized spacial score (nSPS) is 21.7. The van der Waals surface area contributed by atoms with Gasteiger partial charge in [0.2, 0.25) is 0 Å². The SMILES string of the molecule is Cc1c(/C=C2\SC(=Nc3ccccc3)N([C@H]3CCCC[C@@H]3C)C2=O)c2ccccc2n1Cc1ccc(Cl)cc1Cl. The van der Waals surface area contributed by atoms with Crippen molar-refractivity contribution < 1.29 is 4.79 Å². The Balaban J connectivity index is 1.43. The lowest BCUT2D eigenvalue weighted by molar-refractivity contribution is -0.124. The fourth-order valence-corrected chi connectivity index (χ4v) is 7.44. The molecule has 0 unspecified atom stereocenters. The Kier molecular flexibility index (Phi) is 7.80. The number of hydrogen-bond acceptors (Lipinski definition) is 3. The van der Waals surface area contributed by atoms with Crippen LogP contribution in [0.1, 0.15) is 49.4 Å². The van der Waals surface area contributed by atoms with Gasteiger partial charge in [-0.25, -0.2) is 4.99 Å². The van der Waals surface area contributed by atoms with E-state index in [-0.39, 0.29) is 11.9 Å². The van der Waals surface area contributed by atoms with E-state index in [1.807, 2.05) is 59.5 Å². The molecular weight excluding hydrogens is 557 g/mol. The minimum Gasteiger partial charge on any atom is -0.340 e. The molecule has 0 N–H and O–H groups in total. The number of nitrogens with zero attached hydrogens (tertiary/aromatic N) is 3. The molecule has 6 rings (SSSR count). The number of halogens is 2. The van der Waals surface area contributed by atoms with Crippen LogP contribution in [0.5, 0.6) is 0 Å². The summed E-state index contributed by atoms with van der Waals surface area (Å²) in [6.45, 7) is 4.99. The molecule has 7 heteroatoms. The fourth-order valence-electron chi connectivity index (χ4n) is 5.95. The summed E-state index contributed by atoms with van der Waals surface area (Å²) in [6.07, 6.45) is 6.57. The van der Waals surface area contributed by atoms with E-state index in [4.69, 9.17) is 28.2 Å². The molecule has 40 heavy (non-hydrogen) atoms. The highest BCUT2D eigenvalue weighted by molar-refractivity contribution is 8.18. The van der Waals surface area contributed by atoms with Gasteiger partial charge in [-0.05, 0) is 79.4 Å². The lowest BCUT2D eigenvalue weighted by Gasteiger charge is -2.35. The van der Waals surface area contributed by atoms with Crippen molar-refractivity contribution in [1.82, 2.24) is 9.47 Å². The molecule has 1 aromatic heterocycles. The number of rotatable bonds is 5. The van der Waals surface area contributed by atoms with Crippen molar-refractivity contribution in [2.24, 2.45) is 10.9 Å². The Morgan fingerprint density at radius 1 is 1.00 bits per heavy atom. The van der Waals surface area contributed by atoms with Gasteiger partial charge in [-0.2, -0.15) is 0 Å². The summed E-state index contributed by atoms with van der Waals surface area (Å²) >= 11 is 14.2. The van der Waals surface area contributed by atoms with Crippen LogP contribution in [-0.4, -0.2) is 26.6 Å². The van der Waals surface area contributed by atoms with Crippen molar-refractivity contribution in [1.29, 1.82) is 0 Å². The maximum absolute atomic E-state index is 14.1. The standard InChI is InChI=1S/C33H31Cl2N3OS/c1-21-10-6-8-14-29(21)38-32(39)31(40-33(38)36-25-11-4-3-5-12-25)19-27-22(2)37(30-15-9-7-13-26(27)30)20-23-16-17-24(34)18-28(23)35/h3-5,7,9,11-13,15-19,21,29H,6,8,10,14,20H2,1-2H3/b31-19-,36-33?/t21-,29-/m0/s1. The van der Waals surface area contributed by atoms with Crippen molar-refractivity contribution in [2.45, 2.75) is 52.1 Å². The molecule has 2 heterocycles. The second kappa shape index (κ2) is 11.5. The fraction of sp³-hybridized carbons (Fsp3) is 0.273. The van der Waals surface area contributed by atoms with Crippen LogP contribution < -0.4 is 0 Å². The Bertz CT molecular complexity index is 1640. The van der Waals surface area contributed by atoms with Gasteiger partial charge in [-0.1, -0.05) is 85.4 Å². The largest absolute Gasteiger partial charge is 0.340 e. The lowest BCUT2D eigenvalue weighted by atomic mass is 9.85. The number of aromatic nitrogens is 1. The van der Waals surface area contributed by atoms with Crippen LogP contribution in [0.15, 0.2) is 82.7 Å². The lowest BCUT2D eigenvalue weighted by Crippen LogP contribution is -2.44. The summed E-state index contributed by atoms with van der Waals surface area (Å²) in [7, 11) is 0. The number of carbonyl (C=O) groups excluding carboxylic acids is 1. The zero-order valence-corrected chi connectivity index (χ0v) is 24.9. The van der Waals surface area contributed by atoms with Gasteiger partial charge in [0.25, 0.3) is 5.91 Å². The Hall–Kier alpha value is -2.99. The average Bonchev–Trinajstić information content (AvgIpc) is 3.39. The van der Waals surface area contributed by atoms with E-state index >= 15 is 0 Å². The predicted molar refractivity (Wildman–Crippen MR) is 170 cm³/mol. The molecule has 2 aliphatic rings. The van der Waals surface area contributed by atoms with Crippen LogP contribution in [0.2, 0.25) is 10.0 Å². The minimum atomic E-state index is 0.0513.